The third-order valence-electron chi connectivity index (χ3n) is 2.41. The van der Waals surface area contributed by atoms with Crippen LogP contribution in [0.4, 0.5) is 0 Å². The Morgan fingerprint density at radius 3 is 2.67 bits per heavy atom. The molecule has 0 aliphatic carbocycles. The molecule has 2 aromatic rings. The van der Waals surface area contributed by atoms with Crippen LogP contribution in [0.1, 0.15) is 11.3 Å². The molecule has 0 fully saturated rings. The normalized spacial score (nSPS) is 10.4. The van der Waals surface area contributed by atoms with Gasteiger partial charge in [0, 0.05) is 23.2 Å². The van der Waals surface area contributed by atoms with Crippen LogP contribution in [0.5, 0.6) is 11.6 Å². The number of benzene rings is 1. The minimum Gasteiger partial charge on any atom is -0.439 e. The molecule has 18 heavy (non-hydrogen) atoms. The lowest BCUT2D eigenvalue weighted by Crippen LogP contribution is -2.11. The summed E-state index contributed by atoms with van der Waals surface area (Å²) in [6.07, 6.45) is 0. The Labute approximate surface area is 113 Å². The van der Waals surface area contributed by atoms with Gasteiger partial charge in [0.05, 0.1) is 5.69 Å². The van der Waals surface area contributed by atoms with Gasteiger partial charge in [-0.2, -0.15) is 5.10 Å². The van der Waals surface area contributed by atoms with Crippen LogP contribution in [0, 0.1) is 12.3 Å². The Kier molecular flexibility index (Phi) is 3.38. The summed E-state index contributed by atoms with van der Waals surface area (Å²) >= 11 is 3.36. The molecule has 0 atom stereocenters. The first kappa shape index (κ1) is 12.6. The van der Waals surface area contributed by atoms with E-state index in [1.165, 1.54) is 0 Å². The first-order chi connectivity index (χ1) is 8.47. The van der Waals surface area contributed by atoms with Crippen LogP contribution in [0.3, 0.4) is 0 Å². The number of rotatable bonds is 3. The second-order valence-electron chi connectivity index (χ2n) is 3.90. The predicted octanol–water partition coefficient (Wildman–Crippen LogP) is 2.57. The molecule has 6 heteroatoms. The van der Waals surface area contributed by atoms with E-state index >= 15 is 0 Å². The molecular weight excluding hydrogens is 296 g/mol. The number of ether oxygens (including phenoxy) is 1. The smallest absolute Gasteiger partial charge is 0.217 e. The summed E-state index contributed by atoms with van der Waals surface area (Å²) in [6, 6.07) is 7.14. The van der Waals surface area contributed by atoms with Gasteiger partial charge >= 0.3 is 0 Å². The highest BCUT2D eigenvalue weighted by molar-refractivity contribution is 9.10. The third kappa shape index (κ3) is 2.53. The molecule has 1 heterocycles. The van der Waals surface area contributed by atoms with E-state index in [1.54, 1.807) is 22.9 Å². The van der Waals surface area contributed by atoms with Gasteiger partial charge in [0.1, 0.15) is 11.6 Å². The van der Waals surface area contributed by atoms with Gasteiger partial charge in [0.25, 0.3) is 0 Å². The molecule has 0 amide bonds. The summed E-state index contributed by atoms with van der Waals surface area (Å²) in [5.41, 5.74) is 6.98. The molecule has 3 N–H and O–H groups in total. The highest BCUT2D eigenvalue weighted by Crippen LogP contribution is 2.27. The number of halogens is 1. The van der Waals surface area contributed by atoms with Crippen molar-refractivity contribution in [2.75, 3.05) is 0 Å². The van der Waals surface area contributed by atoms with Crippen molar-refractivity contribution in [3.8, 4) is 11.6 Å². The first-order valence-electron chi connectivity index (χ1n) is 5.30. The maximum Gasteiger partial charge on any atom is 0.217 e. The molecule has 0 radical (unpaired) electrons. The number of aromatic nitrogens is 2. The Morgan fingerprint density at radius 1 is 1.44 bits per heavy atom. The third-order valence-corrected chi connectivity index (χ3v) is 3.07. The first-order valence-corrected chi connectivity index (χ1v) is 6.09. The van der Waals surface area contributed by atoms with Gasteiger partial charge in [-0.05, 0) is 41.1 Å². The highest BCUT2D eigenvalue weighted by Gasteiger charge is 2.08. The Morgan fingerprint density at radius 2 is 2.17 bits per heavy atom. The lowest BCUT2D eigenvalue weighted by atomic mass is 10.2. The van der Waals surface area contributed by atoms with Crippen molar-refractivity contribution < 1.29 is 4.74 Å². The molecule has 0 aliphatic rings. The van der Waals surface area contributed by atoms with E-state index in [4.69, 9.17) is 15.9 Å². The monoisotopic (exact) mass is 308 g/mol. The van der Waals surface area contributed by atoms with Gasteiger partial charge in [-0.15, -0.1) is 0 Å². The van der Waals surface area contributed by atoms with E-state index < -0.39 is 0 Å². The molecule has 94 valence electrons. The van der Waals surface area contributed by atoms with E-state index in [0.29, 0.717) is 17.2 Å². The fourth-order valence-corrected chi connectivity index (χ4v) is 2.15. The molecular formula is C12H13BrN4O. The number of nitrogen functional groups attached to an aromatic ring is 1. The van der Waals surface area contributed by atoms with Crippen LogP contribution >= 0.6 is 15.9 Å². The number of aryl methyl sites for hydroxylation is 2. The molecule has 0 saturated heterocycles. The lowest BCUT2D eigenvalue weighted by Gasteiger charge is -2.08. The predicted molar refractivity (Wildman–Crippen MR) is 73.2 cm³/mol. The largest absolute Gasteiger partial charge is 0.439 e. The van der Waals surface area contributed by atoms with Crippen LogP contribution in [-0.2, 0) is 7.05 Å². The molecule has 0 saturated carbocycles. The zero-order valence-corrected chi connectivity index (χ0v) is 11.7. The number of nitrogens with zero attached hydrogens (tertiary/aromatic N) is 2. The maximum atomic E-state index is 7.40. The number of nitrogens with one attached hydrogen (secondary N) is 1. The molecule has 1 aromatic carbocycles. The van der Waals surface area contributed by atoms with Crippen LogP contribution in [0.15, 0.2) is 28.7 Å². The summed E-state index contributed by atoms with van der Waals surface area (Å²) in [4.78, 5) is 0. The van der Waals surface area contributed by atoms with Gasteiger partial charge in [-0.25, -0.2) is 4.68 Å². The second kappa shape index (κ2) is 4.81. The maximum absolute atomic E-state index is 7.40. The summed E-state index contributed by atoms with van der Waals surface area (Å²) in [6.45, 7) is 1.90. The molecule has 1 aromatic heterocycles. The van der Waals surface area contributed by atoms with Gasteiger partial charge in [0.2, 0.25) is 5.88 Å². The van der Waals surface area contributed by atoms with Crippen molar-refractivity contribution in [2.24, 2.45) is 12.8 Å². The number of amidine groups is 1. The van der Waals surface area contributed by atoms with Gasteiger partial charge < -0.3 is 10.5 Å². The van der Waals surface area contributed by atoms with Gasteiger partial charge in [-0.3, -0.25) is 5.41 Å². The lowest BCUT2D eigenvalue weighted by molar-refractivity contribution is 0.430. The van der Waals surface area contributed by atoms with Crippen LogP contribution in [-0.4, -0.2) is 15.6 Å². The van der Waals surface area contributed by atoms with Crippen molar-refractivity contribution >= 4 is 21.8 Å². The minimum absolute atomic E-state index is 0.0183. The van der Waals surface area contributed by atoms with Gasteiger partial charge in [0.15, 0.2) is 0 Å². The average Bonchev–Trinajstić information content (AvgIpc) is 2.57. The van der Waals surface area contributed by atoms with E-state index in [9.17, 15) is 0 Å². The fourth-order valence-electron chi connectivity index (χ4n) is 1.58. The summed E-state index contributed by atoms with van der Waals surface area (Å²) < 4.78 is 8.10. The van der Waals surface area contributed by atoms with Crippen LogP contribution in [0.2, 0.25) is 0 Å². The van der Waals surface area contributed by atoms with Crippen molar-refractivity contribution in [1.29, 1.82) is 5.41 Å². The van der Waals surface area contributed by atoms with Crippen molar-refractivity contribution in [1.82, 2.24) is 9.78 Å². The van der Waals surface area contributed by atoms with E-state index in [2.05, 4.69) is 21.0 Å². The molecule has 0 unspecified atom stereocenters. The topological polar surface area (TPSA) is 76.9 Å². The zero-order valence-electron chi connectivity index (χ0n) is 10.1. The van der Waals surface area contributed by atoms with Crippen molar-refractivity contribution in [2.45, 2.75) is 6.92 Å². The van der Waals surface area contributed by atoms with Crippen LogP contribution in [0.25, 0.3) is 0 Å². The molecule has 5 nitrogen and oxygen atoms in total. The fraction of sp³-hybridized carbons (Fsp3) is 0.167. The molecule has 0 aliphatic heterocycles. The summed E-state index contributed by atoms with van der Waals surface area (Å²) in [5, 5.41) is 11.6. The Balaban J connectivity index is 2.28. The zero-order chi connectivity index (χ0) is 13.3. The average molecular weight is 309 g/mol. The van der Waals surface area contributed by atoms with Crippen LogP contribution < -0.4 is 10.5 Å². The molecule has 0 spiro atoms. The SMILES string of the molecule is Cc1cc(Oc2ccc(C(=N)N)c(Br)c2)n(C)n1. The van der Waals surface area contributed by atoms with Crippen molar-refractivity contribution in [3.05, 3.63) is 40.0 Å². The number of hydrogen-bond donors (Lipinski definition) is 2. The Hall–Kier alpha value is -1.82. The Bertz CT molecular complexity index is 606. The van der Waals surface area contributed by atoms with E-state index in [-0.39, 0.29) is 5.84 Å². The van der Waals surface area contributed by atoms with E-state index in [0.717, 1.165) is 10.2 Å². The standard InChI is InChI=1S/C12H13BrN4O/c1-7-5-11(17(2)16-7)18-8-3-4-9(12(14)15)10(13)6-8/h3-6H,1-2H3,(H3,14,15). The second-order valence-corrected chi connectivity index (χ2v) is 4.76. The van der Waals surface area contributed by atoms with Gasteiger partial charge in [-0.1, -0.05) is 0 Å². The molecule has 0 bridgehead atoms. The van der Waals surface area contributed by atoms with E-state index in [1.807, 2.05) is 20.0 Å². The summed E-state index contributed by atoms with van der Waals surface area (Å²) in [7, 11) is 1.82. The van der Waals surface area contributed by atoms with Crippen molar-refractivity contribution in [3.63, 3.8) is 0 Å². The summed E-state index contributed by atoms with van der Waals surface area (Å²) in [5.74, 6) is 1.34. The minimum atomic E-state index is 0.0183. The number of nitrogens with two attached hydrogens (primary N) is 1. The molecule has 2 rings (SSSR count). The highest BCUT2D eigenvalue weighted by atomic mass is 79.9. The number of hydrogen-bond acceptors (Lipinski definition) is 3. The quantitative estimate of drug-likeness (QED) is 0.676.